The SMILES string of the molecule is CSc1cccc2c(-c3ccccc3)nnc(NC(=N)N)c12.Cl.Cl. The third-order valence-corrected chi connectivity index (χ3v) is 4.07. The van der Waals surface area contributed by atoms with Crippen molar-refractivity contribution in [1.29, 1.82) is 5.41 Å². The van der Waals surface area contributed by atoms with E-state index in [-0.39, 0.29) is 30.8 Å². The molecule has 126 valence electrons. The fourth-order valence-electron chi connectivity index (χ4n) is 2.37. The molecule has 0 saturated heterocycles. The van der Waals surface area contributed by atoms with Crippen molar-refractivity contribution in [3.63, 3.8) is 0 Å². The Balaban J connectivity index is 0.00000144. The fraction of sp³-hybridized carbons (Fsp3) is 0.0625. The lowest BCUT2D eigenvalue weighted by Gasteiger charge is -2.12. The van der Waals surface area contributed by atoms with E-state index in [0.29, 0.717) is 5.82 Å². The molecule has 1 aromatic heterocycles. The van der Waals surface area contributed by atoms with E-state index in [9.17, 15) is 0 Å². The van der Waals surface area contributed by atoms with E-state index in [1.165, 1.54) is 0 Å². The Morgan fingerprint density at radius 1 is 1.04 bits per heavy atom. The number of fused-ring (bicyclic) bond motifs is 1. The molecular formula is C16H17Cl2N5S. The third-order valence-electron chi connectivity index (χ3n) is 3.29. The van der Waals surface area contributed by atoms with Gasteiger partial charge in [0, 0.05) is 21.2 Å². The van der Waals surface area contributed by atoms with E-state index in [0.717, 1.165) is 26.9 Å². The smallest absolute Gasteiger partial charge is 0.191 e. The maximum atomic E-state index is 7.44. The van der Waals surface area contributed by atoms with Gasteiger partial charge >= 0.3 is 0 Å². The van der Waals surface area contributed by atoms with Crippen molar-refractivity contribution >= 4 is 59.1 Å². The zero-order valence-electron chi connectivity index (χ0n) is 12.8. The minimum absolute atomic E-state index is 0. The van der Waals surface area contributed by atoms with Crippen LogP contribution in [-0.2, 0) is 0 Å². The molecule has 0 saturated carbocycles. The number of aromatic nitrogens is 2. The van der Waals surface area contributed by atoms with Crippen molar-refractivity contribution in [2.45, 2.75) is 4.90 Å². The summed E-state index contributed by atoms with van der Waals surface area (Å²) in [5.74, 6) is 0.353. The van der Waals surface area contributed by atoms with Gasteiger partial charge in [-0.05, 0) is 12.3 Å². The lowest BCUT2D eigenvalue weighted by Crippen LogP contribution is -2.21. The van der Waals surface area contributed by atoms with Gasteiger partial charge in [-0.25, -0.2) is 0 Å². The summed E-state index contributed by atoms with van der Waals surface area (Å²) in [7, 11) is 0. The summed E-state index contributed by atoms with van der Waals surface area (Å²) in [6, 6.07) is 16.0. The number of halogens is 2. The van der Waals surface area contributed by atoms with Gasteiger partial charge in [-0.1, -0.05) is 42.5 Å². The molecule has 5 nitrogen and oxygen atoms in total. The van der Waals surface area contributed by atoms with Crippen molar-refractivity contribution in [1.82, 2.24) is 10.2 Å². The Kier molecular flexibility index (Phi) is 7.28. The summed E-state index contributed by atoms with van der Waals surface area (Å²) in [5.41, 5.74) is 7.28. The van der Waals surface area contributed by atoms with Crippen molar-refractivity contribution in [3.05, 3.63) is 48.5 Å². The van der Waals surface area contributed by atoms with Crippen LogP contribution in [0.15, 0.2) is 53.4 Å². The second-order valence-corrected chi connectivity index (χ2v) is 5.53. The van der Waals surface area contributed by atoms with Crippen molar-refractivity contribution < 1.29 is 0 Å². The fourth-order valence-corrected chi connectivity index (χ4v) is 3.00. The standard InChI is InChI=1S/C16H15N5S.2ClH/c1-22-12-9-5-8-11-13(12)15(19-16(17)18)21-20-14(11)10-6-3-2-4-7-10;;/h2-9H,1H3,(H4,17,18,19,21);2*1H. The summed E-state index contributed by atoms with van der Waals surface area (Å²) in [5, 5.41) is 20.7. The Morgan fingerprint density at radius 2 is 1.75 bits per heavy atom. The van der Waals surface area contributed by atoms with Crippen LogP contribution in [0.3, 0.4) is 0 Å². The molecule has 0 unspecified atom stereocenters. The van der Waals surface area contributed by atoms with Gasteiger partial charge in [-0.15, -0.1) is 46.8 Å². The molecule has 4 N–H and O–H groups in total. The Morgan fingerprint density at radius 3 is 2.38 bits per heavy atom. The zero-order chi connectivity index (χ0) is 15.5. The number of benzene rings is 2. The molecule has 24 heavy (non-hydrogen) atoms. The Hall–Kier alpha value is -2.02. The maximum Gasteiger partial charge on any atom is 0.191 e. The number of guanidine groups is 1. The molecule has 0 fully saturated rings. The normalized spacial score (nSPS) is 9.71. The highest BCUT2D eigenvalue weighted by Gasteiger charge is 2.14. The maximum absolute atomic E-state index is 7.44. The van der Waals surface area contributed by atoms with Crippen LogP contribution >= 0.6 is 36.6 Å². The molecule has 0 atom stereocenters. The molecule has 3 rings (SSSR count). The second kappa shape index (κ2) is 8.73. The first kappa shape index (κ1) is 20.0. The highest BCUT2D eigenvalue weighted by atomic mass is 35.5. The zero-order valence-corrected chi connectivity index (χ0v) is 15.3. The van der Waals surface area contributed by atoms with E-state index < -0.39 is 0 Å². The van der Waals surface area contributed by atoms with Gasteiger partial charge in [0.1, 0.15) is 5.69 Å². The largest absolute Gasteiger partial charge is 0.370 e. The average Bonchev–Trinajstić information content (AvgIpc) is 2.54. The summed E-state index contributed by atoms with van der Waals surface area (Å²) in [6.07, 6.45) is 2.01. The van der Waals surface area contributed by atoms with E-state index in [2.05, 4.69) is 15.5 Å². The molecule has 1 heterocycles. The first-order chi connectivity index (χ1) is 10.7. The molecule has 3 aromatic rings. The molecule has 0 bridgehead atoms. The number of nitrogens with two attached hydrogens (primary N) is 1. The third kappa shape index (κ3) is 3.90. The predicted octanol–water partition coefficient (Wildman–Crippen LogP) is 4.17. The number of hydrogen-bond donors (Lipinski definition) is 3. The van der Waals surface area contributed by atoms with Gasteiger partial charge in [0.05, 0.1) is 0 Å². The molecular weight excluding hydrogens is 365 g/mol. The van der Waals surface area contributed by atoms with Crippen LogP contribution < -0.4 is 11.1 Å². The monoisotopic (exact) mass is 381 g/mol. The van der Waals surface area contributed by atoms with Crippen molar-refractivity contribution in [2.24, 2.45) is 5.73 Å². The van der Waals surface area contributed by atoms with Gasteiger partial charge in [-0.2, -0.15) is 0 Å². The van der Waals surface area contributed by atoms with Crippen molar-refractivity contribution in [2.75, 3.05) is 11.6 Å². The van der Waals surface area contributed by atoms with Crippen LogP contribution in [0.1, 0.15) is 0 Å². The minimum atomic E-state index is -0.154. The second-order valence-electron chi connectivity index (χ2n) is 4.68. The number of nitrogens with zero attached hydrogens (tertiary/aromatic N) is 2. The number of rotatable bonds is 3. The number of hydrogen-bond acceptors (Lipinski definition) is 4. The number of nitrogens with one attached hydrogen (secondary N) is 2. The predicted molar refractivity (Wildman–Crippen MR) is 107 cm³/mol. The summed E-state index contributed by atoms with van der Waals surface area (Å²) >= 11 is 1.62. The van der Waals surface area contributed by atoms with Crippen LogP contribution in [-0.4, -0.2) is 22.4 Å². The molecule has 0 aliphatic heterocycles. The van der Waals surface area contributed by atoms with Gasteiger partial charge in [0.2, 0.25) is 0 Å². The minimum Gasteiger partial charge on any atom is -0.370 e. The highest BCUT2D eigenvalue weighted by Crippen LogP contribution is 2.35. The van der Waals surface area contributed by atoms with Gasteiger partial charge in [0.25, 0.3) is 0 Å². The topological polar surface area (TPSA) is 87.7 Å². The molecule has 0 aliphatic rings. The van der Waals surface area contributed by atoms with E-state index in [1.807, 2.05) is 54.8 Å². The first-order valence-corrected chi connectivity index (χ1v) is 7.93. The lowest BCUT2D eigenvalue weighted by molar-refractivity contribution is 1.06. The van der Waals surface area contributed by atoms with Crippen LogP contribution in [0, 0.1) is 5.41 Å². The Bertz CT molecular complexity index is 842. The van der Waals surface area contributed by atoms with E-state index >= 15 is 0 Å². The van der Waals surface area contributed by atoms with Crippen LogP contribution in [0.4, 0.5) is 5.82 Å². The van der Waals surface area contributed by atoms with Gasteiger partial charge in [0.15, 0.2) is 11.8 Å². The number of thioether (sulfide) groups is 1. The quantitative estimate of drug-likeness (QED) is 0.360. The van der Waals surface area contributed by atoms with Gasteiger partial charge < -0.3 is 11.1 Å². The summed E-state index contributed by atoms with van der Waals surface area (Å²) < 4.78 is 0. The number of anilines is 1. The molecule has 8 heteroatoms. The van der Waals surface area contributed by atoms with Gasteiger partial charge in [-0.3, -0.25) is 5.41 Å². The molecule has 2 aromatic carbocycles. The summed E-state index contributed by atoms with van der Waals surface area (Å²) in [4.78, 5) is 1.06. The molecule has 0 aliphatic carbocycles. The Labute approximate surface area is 156 Å². The average molecular weight is 382 g/mol. The summed E-state index contributed by atoms with van der Waals surface area (Å²) in [6.45, 7) is 0. The van der Waals surface area contributed by atoms with Crippen molar-refractivity contribution in [3.8, 4) is 11.3 Å². The molecule has 0 spiro atoms. The molecule has 0 amide bonds. The lowest BCUT2D eigenvalue weighted by atomic mass is 10.0. The highest BCUT2D eigenvalue weighted by molar-refractivity contribution is 7.98. The van der Waals surface area contributed by atoms with E-state index in [4.69, 9.17) is 11.1 Å². The van der Waals surface area contributed by atoms with Crippen LogP contribution in [0.2, 0.25) is 0 Å². The molecule has 0 radical (unpaired) electrons. The van der Waals surface area contributed by atoms with Crippen LogP contribution in [0.25, 0.3) is 22.0 Å². The first-order valence-electron chi connectivity index (χ1n) is 6.70. The van der Waals surface area contributed by atoms with E-state index in [1.54, 1.807) is 11.8 Å². The van der Waals surface area contributed by atoms with Crippen LogP contribution in [0.5, 0.6) is 0 Å².